The Balaban J connectivity index is 2.23. The summed E-state index contributed by atoms with van der Waals surface area (Å²) >= 11 is 1.80. The summed E-state index contributed by atoms with van der Waals surface area (Å²) in [5.74, 6) is 0. The predicted octanol–water partition coefficient (Wildman–Crippen LogP) is 3.48. The molecular formula is C12H13NS. The molecule has 0 atom stereocenters. The zero-order valence-electron chi connectivity index (χ0n) is 8.40. The van der Waals surface area contributed by atoms with Gasteiger partial charge in [-0.2, -0.15) is 0 Å². The number of hydrogen-bond acceptors (Lipinski definition) is 1. The fourth-order valence-electron chi connectivity index (χ4n) is 1.41. The van der Waals surface area contributed by atoms with Crippen LogP contribution in [0.5, 0.6) is 0 Å². The molecule has 0 aliphatic carbocycles. The van der Waals surface area contributed by atoms with Crippen molar-refractivity contribution in [3.63, 3.8) is 0 Å². The summed E-state index contributed by atoms with van der Waals surface area (Å²) in [7, 11) is 2.08. The van der Waals surface area contributed by atoms with Gasteiger partial charge in [-0.25, -0.2) is 0 Å². The molecule has 1 aromatic carbocycles. The summed E-state index contributed by atoms with van der Waals surface area (Å²) < 4.78 is 2.16. The van der Waals surface area contributed by atoms with Crippen molar-refractivity contribution in [2.75, 3.05) is 0 Å². The van der Waals surface area contributed by atoms with Gasteiger partial charge in [0.15, 0.2) is 0 Å². The van der Waals surface area contributed by atoms with Gasteiger partial charge in [0, 0.05) is 18.1 Å². The third-order valence-electron chi connectivity index (χ3n) is 2.06. The van der Waals surface area contributed by atoms with Crippen molar-refractivity contribution in [1.29, 1.82) is 0 Å². The molecule has 0 aliphatic heterocycles. The number of aryl methyl sites for hydroxylation is 2. The van der Waals surface area contributed by atoms with Crippen LogP contribution in [-0.2, 0) is 7.05 Å². The fraction of sp³-hybridized carbons (Fsp3) is 0.167. The Morgan fingerprint density at radius 2 is 1.86 bits per heavy atom. The lowest BCUT2D eigenvalue weighted by Gasteiger charge is -2.01. The van der Waals surface area contributed by atoms with Crippen LogP contribution in [-0.4, -0.2) is 4.57 Å². The van der Waals surface area contributed by atoms with E-state index in [0.29, 0.717) is 0 Å². The molecule has 0 N–H and O–H groups in total. The van der Waals surface area contributed by atoms with Gasteiger partial charge in [0.1, 0.15) is 0 Å². The summed E-state index contributed by atoms with van der Waals surface area (Å²) in [6.07, 6.45) is 2.14. The maximum Gasteiger partial charge on any atom is 0.0796 e. The fourth-order valence-corrected chi connectivity index (χ4v) is 2.39. The summed E-state index contributed by atoms with van der Waals surface area (Å²) in [4.78, 5) is 1.29. The highest BCUT2D eigenvalue weighted by molar-refractivity contribution is 7.99. The van der Waals surface area contributed by atoms with Crippen molar-refractivity contribution in [1.82, 2.24) is 4.57 Å². The molecule has 0 saturated heterocycles. The Hall–Kier alpha value is -1.15. The second-order valence-electron chi connectivity index (χ2n) is 3.38. The molecule has 0 unspecified atom stereocenters. The molecule has 14 heavy (non-hydrogen) atoms. The quantitative estimate of drug-likeness (QED) is 0.723. The standard InChI is InChI=1S/C12H13NS/c1-10-8-12(13(2)9-10)14-11-6-4-3-5-7-11/h3-9H,1-2H3. The van der Waals surface area contributed by atoms with Crippen molar-refractivity contribution >= 4 is 11.8 Å². The minimum Gasteiger partial charge on any atom is -0.345 e. The van der Waals surface area contributed by atoms with Crippen molar-refractivity contribution in [2.24, 2.45) is 7.05 Å². The Bertz CT molecular complexity index is 417. The van der Waals surface area contributed by atoms with E-state index in [-0.39, 0.29) is 0 Å². The summed E-state index contributed by atoms with van der Waals surface area (Å²) in [5, 5.41) is 1.29. The molecule has 0 aliphatic rings. The number of aromatic nitrogens is 1. The highest BCUT2D eigenvalue weighted by Crippen LogP contribution is 2.28. The van der Waals surface area contributed by atoms with E-state index in [4.69, 9.17) is 0 Å². The second-order valence-corrected chi connectivity index (χ2v) is 4.48. The van der Waals surface area contributed by atoms with E-state index in [2.05, 4.69) is 55.1 Å². The Kier molecular flexibility index (Phi) is 2.64. The minimum atomic E-state index is 1.29. The zero-order valence-corrected chi connectivity index (χ0v) is 9.21. The SMILES string of the molecule is Cc1cc(Sc2ccccc2)n(C)c1. The van der Waals surface area contributed by atoms with E-state index in [0.717, 1.165) is 0 Å². The van der Waals surface area contributed by atoms with Gasteiger partial charge < -0.3 is 4.57 Å². The molecule has 1 aromatic heterocycles. The van der Waals surface area contributed by atoms with Gasteiger partial charge in [-0.3, -0.25) is 0 Å². The van der Waals surface area contributed by atoms with Crippen molar-refractivity contribution < 1.29 is 0 Å². The Morgan fingerprint density at radius 3 is 2.43 bits per heavy atom. The number of nitrogens with zero attached hydrogens (tertiary/aromatic N) is 1. The molecule has 2 rings (SSSR count). The third-order valence-corrected chi connectivity index (χ3v) is 3.18. The van der Waals surface area contributed by atoms with Crippen LogP contribution in [0.25, 0.3) is 0 Å². The van der Waals surface area contributed by atoms with E-state index in [1.165, 1.54) is 15.5 Å². The van der Waals surface area contributed by atoms with E-state index < -0.39 is 0 Å². The minimum absolute atomic E-state index is 1.29. The van der Waals surface area contributed by atoms with E-state index >= 15 is 0 Å². The number of rotatable bonds is 2. The smallest absolute Gasteiger partial charge is 0.0796 e. The summed E-state index contributed by atoms with van der Waals surface area (Å²) in [5.41, 5.74) is 1.31. The van der Waals surface area contributed by atoms with Gasteiger partial charge in [-0.1, -0.05) is 30.0 Å². The van der Waals surface area contributed by atoms with Crippen molar-refractivity contribution in [3.05, 3.63) is 48.2 Å². The van der Waals surface area contributed by atoms with Crippen LogP contribution in [0.4, 0.5) is 0 Å². The molecule has 0 saturated carbocycles. The highest BCUT2D eigenvalue weighted by Gasteiger charge is 2.01. The van der Waals surface area contributed by atoms with Gasteiger partial charge in [0.05, 0.1) is 5.03 Å². The predicted molar refractivity (Wildman–Crippen MR) is 60.7 cm³/mol. The number of benzene rings is 1. The second kappa shape index (κ2) is 3.93. The van der Waals surface area contributed by atoms with Crippen LogP contribution in [0, 0.1) is 6.92 Å². The Morgan fingerprint density at radius 1 is 1.14 bits per heavy atom. The monoisotopic (exact) mass is 203 g/mol. The van der Waals surface area contributed by atoms with Gasteiger partial charge in [-0.15, -0.1) is 0 Å². The normalized spacial score (nSPS) is 10.4. The molecule has 1 heterocycles. The van der Waals surface area contributed by atoms with Gasteiger partial charge in [0.2, 0.25) is 0 Å². The molecule has 0 spiro atoms. The molecule has 0 radical (unpaired) electrons. The van der Waals surface area contributed by atoms with Crippen LogP contribution < -0.4 is 0 Å². The number of hydrogen-bond donors (Lipinski definition) is 0. The van der Waals surface area contributed by atoms with Crippen LogP contribution in [0.15, 0.2) is 52.5 Å². The van der Waals surface area contributed by atoms with Crippen LogP contribution in [0.2, 0.25) is 0 Å². The lowest BCUT2D eigenvalue weighted by molar-refractivity contribution is 0.828. The zero-order chi connectivity index (χ0) is 9.97. The highest BCUT2D eigenvalue weighted by atomic mass is 32.2. The van der Waals surface area contributed by atoms with E-state index in [9.17, 15) is 0 Å². The molecule has 0 fully saturated rings. The first-order valence-electron chi connectivity index (χ1n) is 4.61. The van der Waals surface area contributed by atoms with Gasteiger partial charge in [-0.05, 0) is 30.7 Å². The van der Waals surface area contributed by atoms with Crippen molar-refractivity contribution in [3.8, 4) is 0 Å². The lowest BCUT2D eigenvalue weighted by atomic mass is 10.4. The average Bonchev–Trinajstić information content (AvgIpc) is 2.47. The Labute approximate surface area is 88.8 Å². The first-order valence-corrected chi connectivity index (χ1v) is 5.43. The first kappa shape index (κ1) is 9.41. The topological polar surface area (TPSA) is 4.93 Å². The summed E-state index contributed by atoms with van der Waals surface area (Å²) in [6.45, 7) is 2.12. The van der Waals surface area contributed by atoms with E-state index in [1.807, 2.05) is 6.07 Å². The maximum atomic E-state index is 2.21. The van der Waals surface area contributed by atoms with Gasteiger partial charge >= 0.3 is 0 Å². The molecule has 1 nitrogen and oxygen atoms in total. The van der Waals surface area contributed by atoms with Gasteiger partial charge in [0.25, 0.3) is 0 Å². The molecule has 72 valence electrons. The third kappa shape index (κ3) is 2.02. The van der Waals surface area contributed by atoms with Crippen LogP contribution >= 0.6 is 11.8 Å². The molecule has 0 bridgehead atoms. The molecule has 0 amide bonds. The molecule has 2 aromatic rings. The molecular weight excluding hydrogens is 190 g/mol. The maximum absolute atomic E-state index is 2.21. The first-order chi connectivity index (χ1) is 6.75. The van der Waals surface area contributed by atoms with Crippen LogP contribution in [0.3, 0.4) is 0 Å². The summed E-state index contributed by atoms with van der Waals surface area (Å²) in [6, 6.07) is 12.6. The lowest BCUT2D eigenvalue weighted by Crippen LogP contribution is -1.85. The largest absolute Gasteiger partial charge is 0.345 e. The van der Waals surface area contributed by atoms with Crippen LogP contribution in [0.1, 0.15) is 5.56 Å². The molecule has 2 heteroatoms. The van der Waals surface area contributed by atoms with Crippen molar-refractivity contribution in [2.45, 2.75) is 16.8 Å². The van der Waals surface area contributed by atoms with E-state index in [1.54, 1.807) is 11.8 Å². The average molecular weight is 203 g/mol.